The van der Waals surface area contributed by atoms with Crippen LogP contribution in [-0.4, -0.2) is 61.2 Å². The smallest absolute Gasteiger partial charge is 0.137 e. The van der Waals surface area contributed by atoms with Gasteiger partial charge in [0, 0.05) is 0 Å². The lowest BCUT2D eigenvalue weighted by Crippen LogP contribution is -2.60. The second-order valence-corrected chi connectivity index (χ2v) is 11.6. The van der Waals surface area contributed by atoms with Crippen LogP contribution in [0.4, 0.5) is 0 Å². The molecule has 1 heterocycles. The van der Waals surface area contributed by atoms with Gasteiger partial charge in [-0.25, -0.2) is 0 Å². The van der Waals surface area contributed by atoms with E-state index < -0.39 is 6.10 Å². The molecule has 0 amide bonds. The second kappa shape index (κ2) is 7.79. The minimum Gasteiger partial charge on any atom is -0.491 e. The van der Waals surface area contributed by atoms with Gasteiger partial charge in [-0.1, -0.05) is 12.1 Å². The van der Waals surface area contributed by atoms with E-state index in [2.05, 4.69) is 45.2 Å². The van der Waals surface area contributed by atoms with Crippen LogP contribution in [0, 0.1) is 17.8 Å². The van der Waals surface area contributed by atoms with E-state index in [0.717, 1.165) is 41.1 Å². The van der Waals surface area contributed by atoms with E-state index in [-0.39, 0.29) is 12.2 Å². The number of nitrogens with zero attached hydrogens (tertiary/aromatic N) is 1. The number of benzene rings is 1. The molecule has 0 aromatic heterocycles. The van der Waals surface area contributed by atoms with Crippen LogP contribution in [0.25, 0.3) is 0 Å². The number of ether oxygens (including phenoxy) is 2. The highest BCUT2D eigenvalue weighted by atomic mass is 16.5. The zero-order valence-corrected chi connectivity index (χ0v) is 19.1. The van der Waals surface area contributed by atoms with Crippen LogP contribution in [0.1, 0.15) is 57.9 Å². The topological polar surface area (TPSA) is 38.7 Å². The van der Waals surface area contributed by atoms with Crippen LogP contribution >= 0.6 is 0 Å². The fourth-order valence-electron chi connectivity index (χ4n) is 8.07. The number of morpholine rings is 1. The first-order valence-corrected chi connectivity index (χ1v) is 12.2. The summed E-state index contributed by atoms with van der Waals surface area (Å²) in [4.78, 5) is 0. The molecule has 1 aromatic rings. The summed E-state index contributed by atoms with van der Waals surface area (Å²) in [5.74, 6) is 3.79. The van der Waals surface area contributed by atoms with Crippen molar-refractivity contribution >= 4 is 0 Å². The number of hydrogen-bond donors (Lipinski definition) is 1. The van der Waals surface area contributed by atoms with Gasteiger partial charge >= 0.3 is 0 Å². The Hall–Kier alpha value is -1.10. The van der Waals surface area contributed by atoms with Crippen molar-refractivity contribution in [3.8, 4) is 5.75 Å². The Morgan fingerprint density at radius 2 is 1.53 bits per heavy atom. The summed E-state index contributed by atoms with van der Waals surface area (Å²) in [5, 5.41) is 10.6. The van der Waals surface area contributed by atoms with E-state index in [1.807, 2.05) is 0 Å². The molecule has 3 atom stereocenters. The maximum atomic E-state index is 10.6. The summed E-state index contributed by atoms with van der Waals surface area (Å²) in [7, 11) is 2.22. The van der Waals surface area contributed by atoms with Crippen LogP contribution in [0.2, 0.25) is 0 Å². The van der Waals surface area contributed by atoms with Crippen molar-refractivity contribution in [1.82, 2.24) is 0 Å². The molecule has 1 saturated heterocycles. The monoisotopic (exact) mass is 414 g/mol. The molecule has 0 radical (unpaired) electrons. The largest absolute Gasteiger partial charge is 0.491 e. The van der Waals surface area contributed by atoms with Gasteiger partial charge in [-0.3, -0.25) is 0 Å². The van der Waals surface area contributed by atoms with Gasteiger partial charge < -0.3 is 19.1 Å². The van der Waals surface area contributed by atoms with Gasteiger partial charge in [0.15, 0.2) is 0 Å². The van der Waals surface area contributed by atoms with Crippen LogP contribution < -0.4 is 4.74 Å². The van der Waals surface area contributed by atoms with Gasteiger partial charge in [0.05, 0.1) is 7.05 Å². The molecule has 30 heavy (non-hydrogen) atoms. The zero-order valence-electron chi connectivity index (χ0n) is 19.1. The molecule has 4 bridgehead atoms. The molecule has 5 aliphatic rings. The van der Waals surface area contributed by atoms with E-state index in [9.17, 15) is 5.11 Å². The van der Waals surface area contributed by atoms with Crippen molar-refractivity contribution in [2.45, 2.75) is 76.1 Å². The summed E-state index contributed by atoms with van der Waals surface area (Å²) < 4.78 is 12.7. The number of rotatable bonds is 6. The Bertz CT molecular complexity index is 700. The fraction of sp³-hybridized carbons (Fsp3) is 0.769. The number of quaternary nitrogens is 1. The van der Waals surface area contributed by atoms with Crippen molar-refractivity contribution in [3.05, 3.63) is 29.8 Å². The van der Waals surface area contributed by atoms with Gasteiger partial charge in [0.2, 0.25) is 0 Å². The molecule has 4 aliphatic carbocycles. The molecule has 0 unspecified atom stereocenters. The van der Waals surface area contributed by atoms with E-state index in [1.54, 1.807) is 0 Å². The molecule has 1 aromatic carbocycles. The molecule has 4 saturated carbocycles. The van der Waals surface area contributed by atoms with Crippen LogP contribution in [0.5, 0.6) is 5.75 Å². The number of hydrogen-bond acceptors (Lipinski definition) is 3. The average Bonchev–Trinajstić information content (AvgIpc) is 2.64. The highest BCUT2D eigenvalue weighted by Gasteiger charge is 2.51. The third-order valence-corrected chi connectivity index (χ3v) is 8.46. The normalized spacial score (nSPS) is 43.5. The maximum absolute atomic E-state index is 10.6. The predicted octanol–water partition coefficient (Wildman–Crippen LogP) is 4.15. The fourth-order valence-corrected chi connectivity index (χ4v) is 8.07. The van der Waals surface area contributed by atoms with E-state index in [4.69, 9.17) is 9.47 Å². The molecule has 0 spiro atoms. The van der Waals surface area contributed by atoms with Crippen molar-refractivity contribution in [1.29, 1.82) is 0 Å². The first-order chi connectivity index (χ1) is 14.3. The molecule has 166 valence electrons. The van der Waals surface area contributed by atoms with Crippen molar-refractivity contribution in [2.24, 2.45) is 17.8 Å². The second-order valence-electron chi connectivity index (χ2n) is 11.6. The molecular weight excluding hydrogens is 374 g/mol. The Labute approximate surface area is 182 Å². The molecule has 1 aliphatic heterocycles. The van der Waals surface area contributed by atoms with Crippen molar-refractivity contribution < 1.29 is 19.1 Å². The first kappa shape index (κ1) is 20.8. The summed E-state index contributed by atoms with van der Waals surface area (Å²) in [5.41, 5.74) is 1.97. The van der Waals surface area contributed by atoms with E-state index >= 15 is 0 Å². The molecule has 4 nitrogen and oxygen atoms in total. The van der Waals surface area contributed by atoms with Gasteiger partial charge in [-0.15, -0.1) is 0 Å². The quantitative estimate of drug-likeness (QED) is 0.711. The summed E-state index contributed by atoms with van der Waals surface area (Å²) in [6.07, 6.45) is 8.67. The highest BCUT2D eigenvalue weighted by molar-refractivity contribution is 5.34. The van der Waals surface area contributed by atoms with Crippen molar-refractivity contribution in [2.75, 3.05) is 33.3 Å². The lowest BCUT2D eigenvalue weighted by molar-refractivity contribution is -0.926. The average molecular weight is 415 g/mol. The van der Waals surface area contributed by atoms with Gasteiger partial charge in [-0.2, -0.15) is 0 Å². The molecule has 1 N–H and O–H groups in total. The number of likely N-dealkylation sites (N-methyl/N-ethyl adjacent to an activating group) is 1. The molecular formula is C26H40NO3+. The van der Waals surface area contributed by atoms with Gasteiger partial charge in [-0.05, 0) is 93.2 Å². The van der Waals surface area contributed by atoms with Gasteiger partial charge in [0.25, 0.3) is 0 Å². The Kier molecular flexibility index (Phi) is 5.40. The third-order valence-electron chi connectivity index (χ3n) is 8.46. The molecule has 5 fully saturated rings. The van der Waals surface area contributed by atoms with Crippen LogP contribution in [0.15, 0.2) is 24.3 Å². The van der Waals surface area contributed by atoms with Crippen LogP contribution in [-0.2, 0) is 10.2 Å². The predicted molar refractivity (Wildman–Crippen MR) is 119 cm³/mol. The molecule has 4 heteroatoms. The minimum atomic E-state index is -0.463. The Balaban J connectivity index is 1.17. The maximum Gasteiger partial charge on any atom is 0.137 e. The van der Waals surface area contributed by atoms with Gasteiger partial charge in [0.1, 0.15) is 50.3 Å². The van der Waals surface area contributed by atoms with Crippen molar-refractivity contribution in [3.63, 3.8) is 0 Å². The summed E-state index contributed by atoms with van der Waals surface area (Å²) in [6.45, 7) is 7.21. The Morgan fingerprint density at radius 3 is 2.07 bits per heavy atom. The summed E-state index contributed by atoms with van der Waals surface area (Å²) >= 11 is 0. The lowest BCUT2D eigenvalue weighted by Gasteiger charge is -2.57. The SMILES string of the molecule is C[C@@H]1C[N+](C)(C[C@H](O)COc2ccc(C34CC5CC(CC(C5)C3)C4)cc2)C[C@@H](C)O1. The van der Waals surface area contributed by atoms with Crippen LogP contribution in [0.3, 0.4) is 0 Å². The zero-order chi connectivity index (χ0) is 20.9. The molecule has 6 rings (SSSR count). The Morgan fingerprint density at radius 1 is 1.00 bits per heavy atom. The van der Waals surface area contributed by atoms with E-state index in [1.165, 1.54) is 44.1 Å². The first-order valence-electron chi connectivity index (χ1n) is 12.2. The third kappa shape index (κ3) is 4.16. The highest BCUT2D eigenvalue weighted by Crippen LogP contribution is 2.60. The number of aliphatic hydroxyl groups excluding tert-OH is 1. The van der Waals surface area contributed by atoms with E-state index in [0.29, 0.717) is 18.6 Å². The summed E-state index contributed by atoms with van der Waals surface area (Å²) in [6, 6.07) is 8.90. The lowest BCUT2D eigenvalue weighted by atomic mass is 9.48. The number of aliphatic hydroxyl groups is 1. The standard InChI is InChI=1S/C26H40NO3/c1-18-14-27(3,15-19(2)30-18)16-24(28)17-29-25-6-4-23(5-7-25)26-11-20-8-21(12-26)10-22(9-20)13-26/h4-7,18-22,24,28H,8-17H2,1-3H3/q+1/t18-,19-,20?,21?,22?,24+,26?/m1/s1. The minimum absolute atomic E-state index is 0.240.